The van der Waals surface area contributed by atoms with E-state index in [0.717, 1.165) is 26.1 Å². The third-order valence-corrected chi connectivity index (χ3v) is 2.27. The summed E-state index contributed by atoms with van der Waals surface area (Å²) in [5.41, 5.74) is 0. The molecule has 1 spiro atoms. The third kappa shape index (κ3) is 0.876. The van der Waals surface area contributed by atoms with Crippen LogP contribution < -0.4 is 0 Å². The SMILES string of the molecule is SC1CC2(C1)OCCO2. The number of rotatable bonds is 0. The van der Waals surface area contributed by atoms with E-state index in [1.807, 2.05) is 0 Å². The molecule has 0 aromatic carbocycles. The molecule has 1 heterocycles. The average molecular weight is 146 g/mol. The van der Waals surface area contributed by atoms with Gasteiger partial charge in [0.2, 0.25) is 0 Å². The van der Waals surface area contributed by atoms with Crippen molar-refractivity contribution in [3.63, 3.8) is 0 Å². The summed E-state index contributed by atoms with van der Waals surface area (Å²) in [5, 5.41) is 0.503. The molecule has 1 saturated heterocycles. The zero-order valence-electron chi connectivity index (χ0n) is 5.17. The molecule has 0 radical (unpaired) electrons. The molecule has 2 rings (SSSR count). The summed E-state index contributed by atoms with van der Waals surface area (Å²) in [7, 11) is 0. The largest absolute Gasteiger partial charge is 0.347 e. The minimum absolute atomic E-state index is 0.188. The Balaban J connectivity index is 1.95. The summed E-state index contributed by atoms with van der Waals surface area (Å²) in [6, 6.07) is 0. The smallest absolute Gasteiger partial charge is 0.170 e. The molecule has 3 heteroatoms. The lowest BCUT2D eigenvalue weighted by Gasteiger charge is -2.40. The lowest BCUT2D eigenvalue weighted by atomic mass is 9.91. The van der Waals surface area contributed by atoms with E-state index in [1.54, 1.807) is 0 Å². The molecule has 0 unspecified atom stereocenters. The van der Waals surface area contributed by atoms with Gasteiger partial charge in [0.25, 0.3) is 0 Å². The molecule has 0 aromatic rings. The van der Waals surface area contributed by atoms with Gasteiger partial charge in [0.05, 0.1) is 13.2 Å². The van der Waals surface area contributed by atoms with Crippen molar-refractivity contribution in [2.45, 2.75) is 23.9 Å². The highest BCUT2D eigenvalue weighted by molar-refractivity contribution is 7.81. The highest BCUT2D eigenvalue weighted by Crippen LogP contribution is 2.42. The summed E-state index contributed by atoms with van der Waals surface area (Å²) >= 11 is 4.27. The fraction of sp³-hybridized carbons (Fsp3) is 1.00. The van der Waals surface area contributed by atoms with E-state index >= 15 is 0 Å². The molecule has 52 valence electrons. The number of hydrogen-bond donors (Lipinski definition) is 1. The van der Waals surface area contributed by atoms with E-state index in [4.69, 9.17) is 9.47 Å². The number of hydrogen-bond acceptors (Lipinski definition) is 3. The normalized spacial score (nSPS) is 33.0. The molecule has 0 amide bonds. The summed E-state index contributed by atoms with van der Waals surface area (Å²) in [6.45, 7) is 1.53. The first kappa shape index (κ1) is 6.01. The van der Waals surface area contributed by atoms with Crippen molar-refractivity contribution < 1.29 is 9.47 Å². The minimum Gasteiger partial charge on any atom is -0.347 e. The summed E-state index contributed by atoms with van der Waals surface area (Å²) in [5.74, 6) is -0.188. The Morgan fingerprint density at radius 1 is 1.22 bits per heavy atom. The maximum absolute atomic E-state index is 5.38. The Labute approximate surface area is 59.9 Å². The maximum Gasteiger partial charge on any atom is 0.170 e. The van der Waals surface area contributed by atoms with E-state index in [1.165, 1.54) is 0 Å². The van der Waals surface area contributed by atoms with E-state index in [2.05, 4.69) is 12.6 Å². The van der Waals surface area contributed by atoms with Crippen molar-refractivity contribution in [3.05, 3.63) is 0 Å². The Hall–Kier alpha value is 0.270. The number of ether oxygens (including phenoxy) is 2. The molecule has 0 atom stereocenters. The fourth-order valence-corrected chi connectivity index (χ4v) is 1.95. The Bertz CT molecular complexity index is 112. The van der Waals surface area contributed by atoms with Crippen molar-refractivity contribution in [2.75, 3.05) is 13.2 Å². The van der Waals surface area contributed by atoms with Gasteiger partial charge < -0.3 is 9.47 Å². The number of thiol groups is 1. The highest BCUT2D eigenvalue weighted by atomic mass is 32.1. The molecular weight excluding hydrogens is 136 g/mol. The molecule has 2 nitrogen and oxygen atoms in total. The van der Waals surface area contributed by atoms with Crippen LogP contribution in [-0.2, 0) is 9.47 Å². The van der Waals surface area contributed by atoms with Gasteiger partial charge in [0, 0.05) is 18.1 Å². The second-order valence-corrected chi connectivity index (χ2v) is 3.40. The van der Waals surface area contributed by atoms with Crippen LogP contribution in [0.1, 0.15) is 12.8 Å². The second-order valence-electron chi connectivity index (χ2n) is 2.67. The van der Waals surface area contributed by atoms with Crippen LogP contribution in [0.25, 0.3) is 0 Å². The van der Waals surface area contributed by atoms with Gasteiger partial charge in [-0.3, -0.25) is 0 Å². The molecule has 1 aliphatic heterocycles. The highest BCUT2D eigenvalue weighted by Gasteiger charge is 2.47. The van der Waals surface area contributed by atoms with Crippen molar-refractivity contribution in [1.82, 2.24) is 0 Å². The van der Waals surface area contributed by atoms with Crippen LogP contribution >= 0.6 is 12.6 Å². The predicted octanol–water partition coefficient (Wildman–Crippen LogP) is 0.822. The first-order valence-corrected chi connectivity index (χ1v) is 3.78. The van der Waals surface area contributed by atoms with Crippen LogP contribution in [0.4, 0.5) is 0 Å². The molecule has 1 aliphatic carbocycles. The Morgan fingerprint density at radius 2 is 1.78 bits per heavy atom. The van der Waals surface area contributed by atoms with E-state index in [0.29, 0.717) is 5.25 Å². The quantitative estimate of drug-likeness (QED) is 0.510. The first-order chi connectivity index (χ1) is 4.31. The van der Waals surface area contributed by atoms with E-state index < -0.39 is 0 Å². The minimum atomic E-state index is -0.188. The lowest BCUT2D eigenvalue weighted by molar-refractivity contribution is -0.202. The average Bonchev–Trinajstić information content (AvgIpc) is 2.12. The van der Waals surface area contributed by atoms with Crippen molar-refractivity contribution >= 4 is 12.6 Å². The van der Waals surface area contributed by atoms with Crippen molar-refractivity contribution in [1.29, 1.82) is 0 Å². The molecule has 2 fully saturated rings. The van der Waals surface area contributed by atoms with Crippen molar-refractivity contribution in [3.8, 4) is 0 Å². The van der Waals surface area contributed by atoms with Gasteiger partial charge in [-0.25, -0.2) is 0 Å². The van der Waals surface area contributed by atoms with Crippen LogP contribution in [0.2, 0.25) is 0 Å². The van der Waals surface area contributed by atoms with Crippen molar-refractivity contribution in [2.24, 2.45) is 0 Å². The second kappa shape index (κ2) is 1.87. The standard InChI is InChI=1S/C6H10O2S/c9-5-3-6(4-5)7-1-2-8-6/h5,9H,1-4H2. The van der Waals surface area contributed by atoms with Gasteiger partial charge in [-0.15, -0.1) is 0 Å². The monoisotopic (exact) mass is 146 g/mol. The Morgan fingerprint density at radius 3 is 2.22 bits per heavy atom. The molecule has 0 N–H and O–H groups in total. The molecule has 9 heavy (non-hydrogen) atoms. The molecule has 0 aromatic heterocycles. The van der Waals surface area contributed by atoms with Gasteiger partial charge in [-0.05, 0) is 0 Å². The molecule has 2 aliphatic rings. The van der Waals surface area contributed by atoms with Crippen LogP contribution in [0.5, 0.6) is 0 Å². The zero-order valence-corrected chi connectivity index (χ0v) is 6.06. The Kier molecular flexibility index (Phi) is 1.25. The van der Waals surface area contributed by atoms with Crippen LogP contribution in [-0.4, -0.2) is 24.3 Å². The summed E-state index contributed by atoms with van der Waals surface area (Å²) < 4.78 is 10.8. The molecular formula is C6H10O2S. The van der Waals surface area contributed by atoms with Crippen LogP contribution in [0, 0.1) is 0 Å². The van der Waals surface area contributed by atoms with Gasteiger partial charge in [-0.2, -0.15) is 12.6 Å². The summed E-state index contributed by atoms with van der Waals surface area (Å²) in [6.07, 6.45) is 1.94. The van der Waals surface area contributed by atoms with Crippen LogP contribution in [0.3, 0.4) is 0 Å². The maximum atomic E-state index is 5.38. The lowest BCUT2D eigenvalue weighted by Crippen LogP contribution is -2.45. The van der Waals surface area contributed by atoms with Gasteiger partial charge >= 0.3 is 0 Å². The van der Waals surface area contributed by atoms with Gasteiger partial charge in [-0.1, -0.05) is 0 Å². The van der Waals surface area contributed by atoms with Gasteiger partial charge in [0.1, 0.15) is 0 Å². The van der Waals surface area contributed by atoms with E-state index in [-0.39, 0.29) is 5.79 Å². The van der Waals surface area contributed by atoms with Crippen LogP contribution in [0.15, 0.2) is 0 Å². The van der Waals surface area contributed by atoms with Gasteiger partial charge in [0.15, 0.2) is 5.79 Å². The fourth-order valence-electron chi connectivity index (χ4n) is 1.39. The summed E-state index contributed by atoms with van der Waals surface area (Å²) in [4.78, 5) is 0. The zero-order chi connectivity index (χ0) is 6.32. The first-order valence-electron chi connectivity index (χ1n) is 3.27. The topological polar surface area (TPSA) is 18.5 Å². The molecule has 1 saturated carbocycles. The predicted molar refractivity (Wildman–Crippen MR) is 36.6 cm³/mol. The third-order valence-electron chi connectivity index (χ3n) is 1.91. The van der Waals surface area contributed by atoms with E-state index in [9.17, 15) is 0 Å². The molecule has 0 bridgehead atoms.